The van der Waals surface area contributed by atoms with Gasteiger partial charge in [-0.15, -0.1) is 0 Å². The Morgan fingerprint density at radius 2 is 2.08 bits per heavy atom. The Morgan fingerprint density at radius 1 is 1.24 bits per heavy atom. The number of aromatic nitrogens is 3. The van der Waals surface area contributed by atoms with Crippen LogP contribution in [0.25, 0.3) is 11.4 Å². The van der Waals surface area contributed by atoms with Crippen molar-refractivity contribution in [1.82, 2.24) is 20.0 Å². The Morgan fingerprint density at radius 3 is 2.84 bits per heavy atom. The predicted molar refractivity (Wildman–Crippen MR) is 92.8 cm³/mol. The van der Waals surface area contributed by atoms with E-state index in [1.165, 1.54) is 0 Å². The van der Waals surface area contributed by atoms with Crippen LogP contribution in [-0.2, 0) is 6.54 Å². The Kier molecular flexibility index (Phi) is 4.48. The third-order valence-corrected chi connectivity index (χ3v) is 4.58. The van der Waals surface area contributed by atoms with Gasteiger partial charge in [0.1, 0.15) is 0 Å². The summed E-state index contributed by atoms with van der Waals surface area (Å²) in [4.78, 5) is 10.7. The normalized spacial score (nSPS) is 20.9. The van der Waals surface area contributed by atoms with Crippen molar-refractivity contribution >= 4 is 11.6 Å². The Balaban J connectivity index is 1.55. The molecule has 1 N–H and O–H groups in total. The Bertz CT molecular complexity index is 838. The quantitative estimate of drug-likeness (QED) is 0.774. The lowest BCUT2D eigenvalue weighted by Gasteiger charge is -2.21. The minimum Gasteiger partial charge on any atom is -0.392 e. The Hall–Kier alpha value is -2.28. The van der Waals surface area contributed by atoms with Crippen LogP contribution in [0.15, 0.2) is 53.3 Å². The van der Waals surface area contributed by atoms with Crippen molar-refractivity contribution in [3.63, 3.8) is 0 Å². The molecule has 2 atom stereocenters. The minimum absolute atomic E-state index is 0.108. The summed E-state index contributed by atoms with van der Waals surface area (Å²) >= 11 is 5.95. The number of rotatable bonds is 4. The van der Waals surface area contributed by atoms with Gasteiger partial charge in [-0.25, -0.2) is 0 Å². The lowest BCUT2D eigenvalue weighted by Crippen LogP contribution is -2.24. The van der Waals surface area contributed by atoms with Gasteiger partial charge in [0.15, 0.2) is 0 Å². The highest BCUT2D eigenvalue weighted by Crippen LogP contribution is 2.33. The van der Waals surface area contributed by atoms with Crippen LogP contribution >= 0.6 is 11.6 Å². The van der Waals surface area contributed by atoms with Gasteiger partial charge in [-0.05, 0) is 36.2 Å². The largest absolute Gasteiger partial charge is 0.392 e. The van der Waals surface area contributed by atoms with Crippen LogP contribution in [0, 0.1) is 0 Å². The van der Waals surface area contributed by atoms with E-state index in [0.29, 0.717) is 36.2 Å². The van der Waals surface area contributed by atoms with Gasteiger partial charge in [-0.2, -0.15) is 4.98 Å². The first-order valence-corrected chi connectivity index (χ1v) is 8.47. The molecule has 128 valence electrons. The lowest BCUT2D eigenvalue weighted by atomic mass is 10.1. The molecule has 4 rings (SSSR count). The number of hydrogen-bond donors (Lipinski definition) is 1. The van der Waals surface area contributed by atoms with Crippen LogP contribution in [0.3, 0.4) is 0 Å². The molecule has 6 nitrogen and oxygen atoms in total. The third kappa shape index (κ3) is 3.56. The summed E-state index contributed by atoms with van der Waals surface area (Å²) in [7, 11) is 0. The number of halogens is 1. The molecule has 2 unspecified atom stereocenters. The number of pyridine rings is 1. The maximum Gasteiger partial charge on any atom is 0.244 e. The molecule has 7 heteroatoms. The van der Waals surface area contributed by atoms with Crippen molar-refractivity contribution in [2.75, 3.05) is 6.54 Å². The van der Waals surface area contributed by atoms with Crippen molar-refractivity contribution in [1.29, 1.82) is 0 Å². The number of hydrogen-bond acceptors (Lipinski definition) is 6. The van der Waals surface area contributed by atoms with E-state index in [0.717, 1.165) is 11.1 Å². The first-order chi connectivity index (χ1) is 12.2. The van der Waals surface area contributed by atoms with Gasteiger partial charge < -0.3 is 9.63 Å². The molecular weight excluding hydrogens is 340 g/mol. The molecule has 3 aromatic rings. The molecule has 25 heavy (non-hydrogen) atoms. The molecule has 1 saturated heterocycles. The lowest BCUT2D eigenvalue weighted by molar-refractivity contribution is 0.169. The zero-order valence-electron chi connectivity index (χ0n) is 13.4. The summed E-state index contributed by atoms with van der Waals surface area (Å²) in [6, 6.07) is 11.3. The number of aliphatic hydroxyl groups excluding tert-OH is 1. The molecule has 0 bridgehead atoms. The van der Waals surface area contributed by atoms with E-state index in [1.54, 1.807) is 12.4 Å². The van der Waals surface area contributed by atoms with Gasteiger partial charge in [0.05, 0.1) is 12.1 Å². The van der Waals surface area contributed by atoms with Crippen LogP contribution in [0.5, 0.6) is 0 Å². The second-order valence-corrected chi connectivity index (χ2v) is 6.60. The molecule has 0 spiro atoms. The van der Waals surface area contributed by atoms with Crippen molar-refractivity contribution in [3.8, 4) is 11.4 Å². The molecule has 1 aliphatic rings. The molecule has 0 saturated carbocycles. The van der Waals surface area contributed by atoms with Gasteiger partial charge in [-0.3, -0.25) is 9.88 Å². The molecule has 0 radical (unpaired) electrons. The second kappa shape index (κ2) is 6.92. The minimum atomic E-state index is -0.411. The van der Waals surface area contributed by atoms with Gasteiger partial charge in [0.25, 0.3) is 0 Å². The smallest absolute Gasteiger partial charge is 0.244 e. The summed E-state index contributed by atoms with van der Waals surface area (Å²) in [6.45, 7) is 1.25. The standard InChI is InChI=1S/C18H17ClN4O2/c19-14-5-3-12(4-6-14)10-23-11-15(24)8-16(23)18-21-17(22-25-18)13-2-1-7-20-9-13/h1-7,9,15-16,24H,8,10-11H2. The van der Waals surface area contributed by atoms with E-state index < -0.39 is 6.10 Å². The number of benzene rings is 1. The van der Waals surface area contributed by atoms with E-state index in [4.69, 9.17) is 16.1 Å². The maximum absolute atomic E-state index is 10.1. The number of β-amino-alcohol motifs (C(OH)–C–C–N with tert-alkyl or cyclic N) is 1. The van der Waals surface area contributed by atoms with Gasteiger partial charge in [-0.1, -0.05) is 28.9 Å². The van der Waals surface area contributed by atoms with E-state index in [9.17, 15) is 5.11 Å². The number of likely N-dealkylation sites (tertiary alicyclic amines) is 1. The highest BCUT2D eigenvalue weighted by molar-refractivity contribution is 6.30. The molecule has 0 aliphatic carbocycles. The SMILES string of the molecule is OC1CC(c2nc(-c3cccnc3)no2)N(Cc2ccc(Cl)cc2)C1. The van der Waals surface area contributed by atoms with Crippen LogP contribution in [-0.4, -0.2) is 37.8 Å². The molecule has 0 amide bonds. The van der Waals surface area contributed by atoms with Crippen molar-refractivity contribution in [2.45, 2.75) is 25.1 Å². The molecule has 1 aromatic carbocycles. The van der Waals surface area contributed by atoms with E-state index >= 15 is 0 Å². The topological polar surface area (TPSA) is 75.3 Å². The number of nitrogens with zero attached hydrogens (tertiary/aromatic N) is 4. The Labute approximate surface area is 150 Å². The highest BCUT2D eigenvalue weighted by atomic mass is 35.5. The first kappa shape index (κ1) is 16.2. The molecule has 3 heterocycles. The van der Waals surface area contributed by atoms with E-state index in [1.807, 2.05) is 36.4 Å². The van der Waals surface area contributed by atoms with Gasteiger partial charge in [0, 0.05) is 36.1 Å². The van der Waals surface area contributed by atoms with Crippen molar-refractivity contribution in [2.24, 2.45) is 0 Å². The predicted octanol–water partition coefficient (Wildman–Crippen LogP) is 3.09. The van der Waals surface area contributed by atoms with E-state index in [2.05, 4.69) is 20.0 Å². The highest BCUT2D eigenvalue weighted by Gasteiger charge is 2.35. The fraction of sp³-hybridized carbons (Fsp3) is 0.278. The van der Waals surface area contributed by atoms with Crippen LogP contribution < -0.4 is 0 Å². The maximum atomic E-state index is 10.1. The summed E-state index contributed by atoms with van der Waals surface area (Å²) in [6.07, 6.45) is 3.56. The summed E-state index contributed by atoms with van der Waals surface area (Å²) in [5, 5.41) is 14.9. The van der Waals surface area contributed by atoms with Crippen LogP contribution in [0.2, 0.25) is 5.02 Å². The molecule has 2 aromatic heterocycles. The zero-order valence-corrected chi connectivity index (χ0v) is 14.2. The third-order valence-electron chi connectivity index (χ3n) is 4.33. The summed E-state index contributed by atoms with van der Waals surface area (Å²) in [5.74, 6) is 1.03. The zero-order chi connectivity index (χ0) is 17.2. The molecule has 1 aliphatic heterocycles. The molecular formula is C18H17ClN4O2. The average molecular weight is 357 g/mol. The fourth-order valence-electron chi connectivity index (χ4n) is 3.12. The van der Waals surface area contributed by atoms with E-state index in [-0.39, 0.29) is 6.04 Å². The van der Waals surface area contributed by atoms with Gasteiger partial charge in [0.2, 0.25) is 11.7 Å². The van der Waals surface area contributed by atoms with Crippen molar-refractivity contribution < 1.29 is 9.63 Å². The number of aliphatic hydroxyl groups is 1. The second-order valence-electron chi connectivity index (χ2n) is 6.16. The first-order valence-electron chi connectivity index (χ1n) is 8.09. The molecule has 1 fully saturated rings. The van der Waals surface area contributed by atoms with Gasteiger partial charge >= 0.3 is 0 Å². The summed E-state index contributed by atoms with van der Waals surface area (Å²) < 4.78 is 5.48. The fourth-order valence-corrected chi connectivity index (χ4v) is 3.24. The monoisotopic (exact) mass is 356 g/mol. The van der Waals surface area contributed by atoms with Crippen LogP contribution in [0.1, 0.15) is 23.9 Å². The summed E-state index contributed by atoms with van der Waals surface area (Å²) in [5.41, 5.74) is 1.93. The van der Waals surface area contributed by atoms with Crippen LogP contribution in [0.4, 0.5) is 0 Å². The average Bonchev–Trinajstić information content (AvgIpc) is 3.24. The van der Waals surface area contributed by atoms with Crippen molar-refractivity contribution in [3.05, 3.63) is 65.3 Å².